The molecule has 1 aromatic rings. The van der Waals surface area contributed by atoms with Gasteiger partial charge in [0.15, 0.2) is 0 Å². The second kappa shape index (κ2) is 6.83. The van der Waals surface area contributed by atoms with Crippen LogP contribution in [0.2, 0.25) is 0 Å². The van der Waals surface area contributed by atoms with E-state index in [1.165, 1.54) is 0 Å². The summed E-state index contributed by atoms with van der Waals surface area (Å²) < 4.78 is 2.09. The molecule has 0 atom stereocenters. The predicted molar refractivity (Wildman–Crippen MR) is 73.6 cm³/mol. The van der Waals surface area contributed by atoms with Gasteiger partial charge in [-0.05, 0) is 19.8 Å². The summed E-state index contributed by atoms with van der Waals surface area (Å²) in [5.41, 5.74) is 0. The zero-order valence-corrected chi connectivity index (χ0v) is 11.7. The lowest BCUT2D eigenvalue weighted by Gasteiger charge is -2.26. The van der Waals surface area contributed by atoms with Crippen LogP contribution in [0.1, 0.15) is 25.1 Å². The smallest absolute Gasteiger partial charge is 0.222 e. The van der Waals surface area contributed by atoms with Gasteiger partial charge >= 0.3 is 0 Å². The Morgan fingerprint density at radius 3 is 2.89 bits per heavy atom. The molecule has 1 radical (unpaired) electrons. The van der Waals surface area contributed by atoms with E-state index in [4.69, 9.17) is 0 Å². The summed E-state index contributed by atoms with van der Waals surface area (Å²) >= 11 is 1.94. The topological polar surface area (TPSA) is 38.1 Å². The number of thioether (sulfide) groups is 1. The molecule has 0 unspecified atom stereocenters. The Hall–Kier alpha value is -0.970. The summed E-state index contributed by atoms with van der Waals surface area (Å²) in [6.45, 7) is 4.77. The van der Waals surface area contributed by atoms with Crippen LogP contribution in [0, 0.1) is 13.1 Å². The van der Waals surface area contributed by atoms with Gasteiger partial charge in [0.2, 0.25) is 5.91 Å². The maximum atomic E-state index is 11.9. The fourth-order valence-corrected chi connectivity index (χ4v) is 3.01. The van der Waals surface area contributed by atoms with Gasteiger partial charge in [-0.25, -0.2) is 4.98 Å². The highest BCUT2D eigenvalue weighted by atomic mass is 32.2. The molecule has 2 rings (SSSR count). The zero-order chi connectivity index (χ0) is 12.8. The summed E-state index contributed by atoms with van der Waals surface area (Å²) in [6.07, 6.45) is 7.38. The van der Waals surface area contributed by atoms with Crippen LogP contribution in [-0.4, -0.2) is 45.0 Å². The first kappa shape index (κ1) is 13.5. The molecule has 18 heavy (non-hydrogen) atoms. The molecule has 0 bridgehead atoms. The van der Waals surface area contributed by atoms with Crippen molar-refractivity contribution in [3.63, 3.8) is 0 Å². The average molecular weight is 266 g/mol. The first-order chi connectivity index (χ1) is 8.77. The van der Waals surface area contributed by atoms with Gasteiger partial charge in [-0.3, -0.25) is 4.79 Å². The number of amides is 1. The Kier molecular flexibility index (Phi) is 5.11. The molecule has 1 aliphatic rings. The van der Waals surface area contributed by atoms with E-state index in [1.54, 1.807) is 0 Å². The lowest BCUT2D eigenvalue weighted by atomic mass is 10.2. The molecular formula is C13H20N3OS. The molecule has 0 N–H and O–H groups in total. The minimum Gasteiger partial charge on any atom is -0.341 e. The van der Waals surface area contributed by atoms with Crippen LogP contribution in [0.5, 0.6) is 0 Å². The van der Waals surface area contributed by atoms with E-state index in [1.807, 2.05) is 29.8 Å². The van der Waals surface area contributed by atoms with Gasteiger partial charge in [-0.1, -0.05) is 0 Å². The molecular weight excluding hydrogens is 246 g/mol. The van der Waals surface area contributed by atoms with Crippen LogP contribution in [0.25, 0.3) is 0 Å². The van der Waals surface area contributed by atoms with Crippen molar-refractivity contribution in [1.29, 1.82) is 0 Å². The van der Waals surface area contributed by atoms with E-state index >= 15 is 0 Å². The Morgan fingerprint density at radius 2 is 2.22 bits per heavy atom. The van der Waals surface area contributed by atoms with Crippen molar-refractivity contribution in [1.82, 2.24) is 14.5 Å². The number of hydrogen-bond donors (Lipinski definition) is 0. The fourth-order valence-electron chi connectivity index (χ4n) is 2.11. The van der Waals surface area contributed by atoms with E-state index in [0.717, 1.165) is 49.8 Å². The van der Waals surface area contributed by atoms with E-state index < -0.39 is 0 Å². The van der Waals surface area contributed by atoms with Gasteiger partial charge < -0.3 is 9.47 Å². The highest BCUT2D eigenvalue weighted by Gasteiger charge is 2.15. The van der Waals surface area contributed by atoms with E-state index in [0.29, 0.717) is 12.3 Å². The summed E-state index contributed by atoms with van der Waals surface area (Å²) in [4.78, 5) is 18.0. The Balaban J connectivity index is 1.63. The molecule has 0 spiro atoms. The van der Waals surface area contributed by atoms with Gasteiger partial charge in [0.25, 0.3) is 0 Å². The predicted octanol–water partition coefficient (Wildman–Crippen LogP) is 1.74. The van der Waals surface area contributed by atoms with Gasteiger partial charge in [0.05, 0.1) is 0 Å². The minimum absolute atomic E-state index is 0.323. The van der Waals surface area contributed by atoms with Crippen LogP contribution in [0.3, 0.4) is 0 Å². The summed E-state index contributed by atoms with van der Waals surface area (Å²) in [6, 6.07) is 0. The molecule has 99 valence electrons. The third-order valence-corrected chi connectivity index (χ3v) is 4.20. The molecule has 1 amide bonds. The Labute approximate surface area is 113 Å². The van der Waals surface area contributed by atoms with Crippen LogP contribution < -0.4 is 0 Å². The number of nitrogens with zero attached hydrogens (tertiary/aromatic N) is 3. The van der Waals surface area contributed by atoms with Crippen molar-refractivity contribution in [2.24, 2.45) is 0 Å². The number of aryl methyl sites for hydroxylation is 2. The largest absolute Gasteiger partial charge is 0.341 e. The molecule has 2 heterocycles. The zero-order valence-electron chi connectivity index (χ0n) is 10.9. The van der Waals surface area contributed by atoms with Crippen LogP contribution >= 0.6 is 11.8 Å². The van der Waals surface area contributed by atoms with Crippen molar-refractivity contribution < 1.29 is 4.79 Å². The van der Waals surface area contributed by atoms with Crippen LogP contribution in [-0.2, 0) is 11.3 Å². The van der Waals surface area contributed by atoms with E-state index in [-0.39, 0.29) is 0 Å². The van der Waals surface area contributed by atoms with E-state index in [2.05, 4.69) is 15.7 Å². The molecule has 0 saturated carbocycles. The molecule has 4 nitrogen and oxygen atoms in total. The van der Waals surface area contributed by atoms with Crippen molar-refractivity contribution in [3.05, 3.63) is 18.2 Å². The molecule has 5 heteroatoms. The normalized spacial score (nSPS) is 15.9. The third kappa shape index (κ3) is 3.77. The summed E-state index contributed by atoms with van der Waals surface area (Å²) in [5, 5.41) is 0. The standard InChI is InChI=1S/C13H20N3OS/c1-12-14-5-7-15(12)6-3-2-4-13(17)16-8-10-18-11-9-16/h7H,2-4,6,8-11H2,1H3. The number of carbonyl (C=O) groups is 1. The second-order valence-electron chi connectivity index (χ2n) is 4.56. The minimum atomic E-state index is 0.323. The molecule has 1 fully saturated rings. The number of unbranched alkanes of at least 4 members (excludes halogenated alkanes) is 1. The molecule has 1 aliphatic heterocycles. The molecule has 1 aromatic heterocycles. The monoisotopic (exact) mass is 266 g/mol. The number of carbonyl (C=O) groups excluding carboxylic acids is 1. The average Bonchev–Trinajstić information content (AvgIpc) is 2.81. The first-order valence-electron chi connectivity index (χ1n) is 6.53. The Bertz CT molecular complexity index is 385. The van der Waals surface area contributed by atoms with Crippen molar-refractivity contribution in [3.8, 4) is 0 Å². The Morgan fingerprint density at radius 1 is 1.44 bits per heavy atom. The number of imidazole rings is 1. The van der Waals surface area contributed by atoms with Crippen molar-refractivity contribution in [2.45, 2.75) is 32.7 Å². The molecule has 0 aliphatic carbocycles. The lowest BCUT2D eigenvalue weighted by molar-refractivity contribution is -0.130. The molecule has 0 aromatic carbocycles. The van der Waals surface area contributed by atoms with Crippen LogP contribution in [0.4, 0.5) is 0 Å². The fraction of sp³-hybridized carbons (Fsp3) is 0.692. The second-order valence-corrected chi connectivity index (χ2v) is 5.79. The summed E-state index contributed by atoms with van der Waals surface area (Å²) in [7, 11) is 0. The number of hydrogen-bond acceptors (Lipinski definition) is 3. The maximum absolute atomic E-state index is 11.9. The summed E-state index contributed by atoms with van der Waals surface area (Å²) in [5.74, 6) is 3.50. The molecule has 1 saturated heterocycles. The highest BCUT2D eigenvalue weighted by molar-refractivity contribution is 7.99. The number of rotatable bonds is 5. The van der Waals surface area contributed by atoms with Gasteiger partial charge in [0, 0.05) is 43.8 Å². The lowest BCUT2D eigenvalue weighted by Crippen LogP contribution is -2.37. The van der Waals surface area contributed by atoms with Crippen molar-refractivity contribution >= 4 is 17.7 Å². The maximum Gasteiger partial charge on any atom is 0.222 e. The number of aromatic nitrogens is 2. The van der Waals surface area contributed by atoms with Gasteiger partial charge in [-0.2, -0.15) is 11.8 Å². The van der Waals surface area contributed by atoms with Gasteiger partial charge in [-0.15, -0.1) is 0 Å². The van der Waals surface area contributed by atoms with Crippen molar-refractivity contribution in [2.75, 3.05) is 24.6 Å². The first-order valence-corrected chi connectivity index (χ1v) is 7.68. The van der Waals surface area contributed by atoms with Gasteiger partial charge in [0.1, 0.15) is 12.0 Å². The van der Waals surface area contributed by atoms with Crippen LogP contribution in [0.15, 0.2) is 6.20 Å². The highest BCUT2D eigenvalue weighted by Crippen LogP contribution is 2.11. The quantitative estimate of drug-likeness (QED) is 0.762. The SMILES string of the molecule is Cc1n[c]cn1CCCCC(=O)N1CCSCC1. The van der Waals surface area contributed by atoms with E-state index in [9.17, 15) is 4.79 Å². The third-order valence-electron chi connectivity index (χ3n) is 3.26.